The number of fused-ring (bicyclic) bond motifs is 1. The van der Waals surface area contributed by atoms with Crippen LogP contribution in [0.5, 0.6) is 0 Å². The number of hydrogen-bond donors (Lipinski definition) is 2. The zero-order valence-corrected chi connectivity index (χ0v) is 13.1. The van der Waals surface area contributed by atoms with Gasteiger partial charge in [-0.15, -0.1) is 0 Å². The van der Waals surface area contributed by atoms with Crippen LogP contribution >= 0.6 is 0 Å². The van der Waals surface area contributed by atoms with E-state index in [0.29, 0.717) is 12.1 Å². The molecular weight excluding hydrogens is 262 g/mol. The Balaban J connectivity index is 1.87. The van der Waals surface area contributed by atoms with Gasteiger partial charge in [0.05, 0.1) is 6.10 Å². The molecule has 1 fully saturated rings. The molecule has 4 heteroatoms. The molecule has 0 radical (unpaired) electrons. The maximum atomic E-state index is 10.2. The third kappa shape index (κ3) is 3.29. The van der Waals surface area contributed by atoms with E-state index in [9.17, 15) is 5.11 Å². The molecule has 2 heterocycles. The minimum absolute atomic E-state index is 0.182. The summed E-state index contributed by atoms with van der Waals surface area (Å²) < 4.78 is 0. The van der Waals surface area contributed by atoms with Crippen molar-refractivity contribution in [3.05, 3.63) is 35.4 Å². The van der Waals surface area contributed by atoms with Crippen molar-refractivity contribution in [1.29, 1.82) is 0 Å². The van der Waals surface area contributed by atoms with Crippen LogP contribution in [0.1, 0.15) is 30.0 Å². The number of likely N-dealkylation sites (N-methyl/N-ethyl adjacent to an activating group) is 1. The van der Waals surface area contributed by atoms with E-state index in [1.54, 1.807) is 0 Å². The molecule has 4 nitrogen and oxygen atoms in total. The normalized spacial score (nSPS) is 30.4. The molecule has 1 saturated heterocycles. The first-order chi connectivity index (χ1) is 10.1. The summed E-state index contributed by atoms with van der Waals surface area (Å²) in [5.74, 6) is 0. The summed E-state index contributed by atoms with van der Waals surface area (Å²) in [4.78, 5) is 4.77. The lowest BCUT2D eigenvalue weighted by atomic mass is 9.97. The Morgan fingerprint density at radius 2 is 2.14 bits per heavy atom. The molecule has 116 valence electrons. The Bertz CT molecular complexity index is 477. The summed E-state index contributed by atoms with van der Waals surface area (Å²) >= 11 is 0. The van der Waals surface area contributed by atoms with Gasteiger partial charge in [0.2, 0.25) is 0 Å². The number of benzene rings is 1. The quantitative estimate of drug-likeness (QED) is 0.877. The molecule has 0 saturated carbocycles. The van der Waals surface area contributed by atoms with Gasteiger partial charge in [0.1, 0.15) is 0 Å². The smallest absolute Gasteiger partial charge is 0.0682 e. The Labute approximate surface area is 127 Å². The van der Waals surface area contributed by atoms with Crippen molar-refractivity contribution in [2.75, 3.05) is 33.7 Å². The fraction of sp³-hybridized carbons (Fsp3) is 0.647. The molecule has 2 aliphatic heterocycles. The van der Waals surface area contributed by atoms with Crippen LogP contribution in [0.15, 0.2) is 24.3 Å². The van der Waals surface area contributed by atoms with Gasteiger partial charge in [-0.2, -0.15) is 0 Å². The van der Waals surface area contributed by atoms with Gasteiger partial charge in [0.25, 0.3) is 0 Å². The fourth-order valence-electron chi connectivity index (χ4n) is 3.88. The van der Waals surface area contributed by atoms with Crippen LogP contribution < -0.4 is 5.32 Å². The second kappa shape index (κ2) is 6.44. The minimum atomic E-state index is -0.182. The lowest BCUT2D eigenvalue weighted by molar-refractivity contribution is 0.131. The molecule has 0 spiro atoms. The van der Waals surface area contributed by atoms with Gasteiger partial charge in [-0.25, -0.2) is 0 Å². The Morgan fingerprint density at radius 3 is 2.95 bits per heavy atom. The van der Waals surface area contributed by atoms with Crippen molar-refractivity contribution in [3.8, 4) is 0 Å². The highest BCUT2D eigenvalue weighted by Gasteiger charge is 2.37. The number of likely N-dealkylation sites (tertiary alicyclic amines) is 1. The van der Waals surface area contributed by atoms with E-state index < -0.39 is 0 Å². The van der Waals surface area contributed by atoms with E-state index in [-0.39, 0.29) is 6.10 Å². The second-order valence-electron chi connectivity index (χ2n) is 6.68. The maximum absolute atomic E-state index is 10.2. The molecule has 1 aromatic rings. The summed E-state index contributed by atoms with van der Waals surface area (Å²) in [5.41, 5.74) is 2.85. The lowest BCUT2D eigenvalue weighted by Crippen LogP contribution is -2.40. The Hall–Kier alpha value is -0.940. The van der Waals surface area contributed by atoms with E-state index in [4.69, 9.17) is 0 Å². The van der Waals surface area contributed by atoms with Gasteiger partial charge in [0.15, 0.2) is 0 Å². The Morgan fingerprint density at radius 1 is 1.33 bits per heavy atom. The summed E-state index contributed by atoms with van der Waals surface area (Å²) in [5, 5.41) is 13.7. The lowest BCUT2D eigenvalue weighted by Gasteiger charge is -2.34. The molecule has 21 heavy (non-hydrogen) atoms. The van der Waals surface area contributed by atoms with Crippen molar-refractivity contribution in [1.82, 2.24) is 15.1 Å². The highest BCUT2D eigenvalue weighted by atomic mass is 16.3. The third-order valence-electron chi connectivity index (χ3n) is 4.74. The number of β-amino-alcohol motifs (C(OH)–C–C–N with tert-alkyl or cyclic N) is 1. The van der Waals surface area contributed by atoms with E-state index in [1.165, 1.54) is 11.1 Å². The standard InChI is InChI=1S/C17H27N3O/c1-19(2)11-14-9-15(21)12-20(14)17-7-8-18-10-13-5-3-4-6-16(13)17/h3-6,14-15,17-18,21H,7-12H2,1-2H3. The van der Waals surface area contributed by atoms with Gasteiger partial charge in [-0.05, 0) is 44.6 Å². The molecule has 3 rings (SSSR count). The number of rotatable bonds is 3. The Kier molecular flexibility index (Phi) is 4.60. The predicted molar refractivity (Wildman–Crippen MR) is 85.2 cm³/mol. The van der Waals surface area contributed by atoms with Crippen molar-refractivity contribution in [2.45, 2.75) is 37.6 Å². The van der Waals surface area contributed by atoms with Crippen LogP contribution in [-0.2, 0) is 6.54 Å². The summed E-state index contributed by atoms with van der Waals surface area (Å²) in [6.07, 6.45) is 1.83. The largest absolute Gasteiger partial charge is 0.392 e. The summed E-state index contributed by atoms with van der Waals surface area (Å²) in [6, 6.07) is 9.65. The molecular formula is C17H27N3O. The molecule has 3 atom stereocenters. The van der Waals surface area contributed by atoms with Crippen LogP contribution in [0.2, 0.25) is 0 Å². The van der Waals surface area contributed by atoms with Gasteiger partial charge in [-0.1, -0.05) is 24.3 Å². The topological polar surface area (TPSA) is 38.7 Å². The predicted octanol–water partition coefficient (Wildman–Crippen LogP) is 1.22. The highest BCUT2D eigenvalue weighted by Crippen LogP contribution is 2.34. The first kappa shape index (κ1) is 15.0. The van der Waals surface area contributed by atoms with E-state index in [0.717, 1.165) is 39.0 Å². The van der Waals surface area contributed by atoms with Gasteiger partial charge in [-0.3, -0.25) is 4.90 Å². The number of aliphatic hydroxyl groups is 1. The molecule has 2 N–H and O–H groups in total. The fourth-order valence-corrected chi connectivity index (χ4v) is 3.88. The molecule has 0 aliphatic carbocycles. The van der Waals surface area contributed by atoms with Gasteiger partial charge >= 0.3 is 0 Å². The van der Waals surface area contributed by atoms with Crippen molar-refractivity contribution >= 4 is 0 Å². The van der Waals surface area contributed by atoms with Crippen molar-refractivity contribution in [3.63, 3.8) is 0 Å². The monoisotopic (exact) mass is 289 g/mol. The first-order valence-corrected chi connectivity index (χ1v) is 8.02. The zero-order valence-electron chi connectivity index (χ0n) is 13.1. The molecule has 2 aliphatic rings. The number of hydrogen-bond acceptors (Lipinski definition) is 4. The van der Waals surface area contributed by atoms with Crippen LogP contribution in [-0.4, -0.2) is 60.8 Å². The van der Waals surface area contributed by atoms with Crippen molar-refractivity contribution < 1.29 is 5.11 Å². The highest BCUT2D eigenvalue weighted by molar-refractivity contribution is 5.31. The van der Waals surface area contributed by atoms with E-state index in [1.807, 2.05) is 0 Å². The minimum Gasteiger partial charge on any atom is -0.392 e. The molecule has 0 bridgehead atoms. The number of nitrogens with one attached hydrogen (secondary N) is 1. The average molecular weight is 289 g/mol. The van der Waals surface area contributed by atoms with Crippen LogP contribution in [0.4, 0.5) is 0 Å². The summed E-state index contributed by atoms with van der Waals surface area (Å²) in [7, 11) is 4.23. The van der Waals surface area contributed by atoms with E-state index >= 15 is 0 Å². The second-order valence-corrected chi connectivity index (χ2v) is 6.68. The van der Waals surface area contributed by atoms with Gasteiger partial charge < -0.3 is 15.3 Å². The molecule has 1 aromatic carbocycles. The van der Waals surface area contributed by atoms with E-state index in [2.05, 4.69) is 53.5 Å². The zero-order chi connectivity index (χ0) is 14.8. The molecule has 0 amide bonds. The SMILES string of the molecule is CN(C)CC1CC(O)CN1C1CCNCc2ccccc21. The van der Waals surface area contributed by atoms with Crippen LogP contribution in [0, 0.1) is 0 Å². The van der Waals surface area contributed by atoms with Gasteiger partial charge in [0, 0.05) is 31.7 Å². The summed E-state index contributed by atoms with van der Waals surface area (Å²) in [6.45, 7) is 3.82. The van der Waals surface area contributed by atoms with Crippen molar-refractivity contribution in [2.24, 2.45) is 0 Å². The van der Waals surface area contributed by atoms with Crippen LogP contribution in [0.25, 0.3) is 0 Å². The molecule has 3 unspecified atom stereocenters. The molecule has 0 aromatic heterocycles. The first-order valence-electron chi connectivity index (χ1n) is 8.02. The number of nitrogens with zero attached hydrogens (tertiary/aromatic N) is 2. The maximum Gasteiger partial charge on any atom is 0.0682 e. The average Bonchev–Trinajstić information content (AvgIpc) is 2.69. The third-order valence-corrected chi connectivity index (χ3v) is 4.74. The number of aliphatic hydroxyl groups excluding tert-OH is 1. The van der Waals surface area contributed by atoms with Crippen LogP contribution in [0.3, 0.4) is 0 Å².